The van der Waals surface area contributed by atoms with Crippen molar-refractivity contribution in [3.8, 4) is 0 Å². The molecule has 128 valence electrons. The molecule has 2 heterocycles. The van der Waals surface area contributed by atoms with Crippen molar-refractivity contribution in [2.45, 2.75) is 51.9 Å². The molecule has 5 nitrogen and oxygen atoms in total. The van der Waals surface area contributed by atoms with Crippen molar-refractivity contribution < 1.29 is 0 Å². The number of hydrogen-bond donors (Lipinski definition) is 1. The van der Waals surface area contributed by atoms with E-state index < -0.39 is 0 Å². The van der Waals surface area contributed by atoms with E-state index in [2.05, 4.69) is 52.5 Å². The Hall–Kier alpha value is -2.14. The topological polar surface area (TPSA) is 50.2 Å². The first kappa shape index (κ1) is 16.7. The zero-order valence-corrected chi connectivity index (χ0v) is 14.5. The lowest BCUT2D eigenvalue weighted by atomic mass is 9.97. The van der Waals surface area contributed by atoms with Gasteiger partial charge in [0.15, 0.2) is 5.82 Å². The number of hydrogen-bond acceptors (Lipinski definition) is 4. The van der Waals surface area contributed by atoms with E-state index in [0.717, 1.165) is 25.9 Å². The summed E-state index contributed by atoms with van der Waals surface area (Å²) in [4.78, 5) is 19.0. The molecule has 0 spiro atoms. The second-order valence-corrected chi connectivity index (χ2v) is 6.54. The van der Waals surface area contributed by atoms with Gasteiger partial charge in [0.1, 0.15) is 0 Å². The fraction of sp³-hybridized carbons (Fsp3) is 0.474. The molecule has 0 saturated carbocycles. The van der Waals surface area contributed by atoms with Crippen LogP contribution in [-0.4, -0.2) is 33.1 Å². The number of piperidine rings is 1. The van der Waals surface area contributed by atoms with Crippen molar-refractivity contribution in [1.82, 2.24) is 14.5 Å². The summed E-state index contributed by atoms with van der Waals surface area (Å²) in [6.07, 6.45) is 5.48. The van der Waals surface area contributed by atoms with Crippen molar-refractivity contribution in [2.75, 3.05) is 11.9 Å². The number of aromatic nitrogens is 2. The quantitative estimate of drug-likeness (QED) is 0.918. The third-order valence-corrected chi connectivity index (χ3v) is 4.84. The van der Waals surface area contributed by atoms with Crippen LogP contribution in [0.1, 0.15) is 32.3 Å². The highest BCUT2D eigenvalue weighted by Gasteiger charge is 2.26. The van der Waals surface area contributed by atoms with Crippen LogP contribution >= 0.6 is 0 Å². The molecule has 1 aromatic heterocycles. The summed E-state index contributed by atoms with van der Waals surface area (Å²) >= 11 is 0. The minimum Gasteiger partial charge on any atom is -0.363 e. The van der Waals surface area contributed by atoms with Gasteiger partial charge in [-0.25, -0.2) is 4.98 Å². The number of nitrogens with zero attached hydrogens (tertiary/aromatic N) is 3. The lowest BCUT2D eigenvalue weighted by Crippen LogP contribution is -2.45. The van der Waals surface area contributed by atoms with Crippen molar-refractivity contribution in [3.05, 3.63) is 58.6 Å². The van der Waals surface area contributed by atoms with Gasteiger partial charge in [0, 0.05) is 44.1 Å². The summed E-state index contributed by atoms with van der Waals surface area (Å²) in [6.45, 7) is 6.92. The van der Waals surface area contributed by atoms with Gasteiger partial charge in [-0.2, -0.15) is 0 Å². The Kier molecular flexibility index (Phi) is 5.30. The summed E-state index contributed by atoms with van der Waals surface area (Å²) in [5.41, 5.74) is 1.32. The van der Waals surface area contributed by atoms with E-state index in [1.54, 1.807) is 17.0 Å². The van der Waals surface area contributed by atoms with Crippen LogP contribution in [-0.2, 0) is 13.1 Å². The van der Waals surface area contributed by atoms with Crippen molar-refractivity contribution in [2.24, 2.45) is 0 Å². The second-order valence-electron chi connectivity index (χ2n) is 6.54. The van der Waals surface area contributed by atoms with Crippen LogP contribution in [0.4, 0.5) is 5.82 Å². The minimum absolute atomic E-state index is 0.0284. The molecule has 1 aliphatic heterocycles. The number of benzene rings is 1. The maximum Gasteiger partial charge on any atom is 0.293 e. The van der Waals surface area contributed by atoms with Crippen LogP contribution < -0.4 is 10.9 Å². The molecule has 1 fully saturated rings. The molecule has 0 radical (unpaired) electrons. The van der Waals surface area contributed by atoms with Gasteiger partial charge in [0.05, 0.1) is 0 Å². The lowest BCUT2D eigenvalue weighted by Gasteiger charge is -2.38. The van der Waals surface area contributed by atoms with Gasteiger partial charge in [-0.3, -0.25) is 9.69 Å². The summed E-state index contributed by atoms with van der Waals surface area (Å²) in [5.74, 6) is 0.480. The molecule has 0 amide bonds. The van der Waals surface area contributed by atoms with Crippen LogP contribution in [0, 0.1) is 0 Å². The number of anilines is 1. The van der Waals surface area contributed by atoms with Gasteiger partial charge < -0.3 is 9.88 Å². The molecular formula is C19H26N4O. The third kappa shape index (κ3) is 3.85. The third-order valence-electron chi connectivity index (χ3n) is 4.84. The largest absolute Gasteiger partial charge is 0.363 e. The molecule has 0 aliphatic carbocycles. The predicted octanol–water partition coefficient (Wildman–Crippen LogP) is 2.73. The fourth-order valence-electron chi connectivity index (χ4n) is 3.39. The van der Waals surface area contributed by atoms with E-state index in [4.69, 9.17) is 0 Å². The first-order valence-electron chi connectivity index (χ1n) is 8.77. The van der Waals surface area contributed by atoms with E-state index in [-0.39, 0.29) is 5.56 Å². The highest BCUT2D eigenvalue weighted by molar-refractivity contribution is 5.32. The molecule has 2 atom stereocenters. The maximum atomic E-state index is 12.3. The Labute approximate surface area is 143 Å². The molecule has 24 heavy (non-hydrogen) atoms. The summed E-state index contributed by atoms with van der Waals surface area (Å²) in [5, 5.41) is 3.37. The van der Waals surface area contributed by atoms with Gasteiger partial charge in [0.25, 0.3) is 5.56 Å². The van der Waals surface area contributed by atoms with E-state index in [9.17, 15) is 4.79 Å². The molecule has 0 bridgehead atoms. The van der Waals surface area contributed by atoms with Gasteiger partial charge in [-0.1, -0.05) is 30.3 Å². The van der Waals surface area contributed by atoms with Gasteiger partial charge in [-0.05, 0) is 32.3 Å². The Bertz CT molecular complexity index is 713. The zero-order chi connectivity index (χ0) is 16.9. The maximum absolute atomic E-state index is 12.3. The van der Waals surface area contributed by atoms with E-state index in [1.165, 1.54) is 5.56 Å². The number of nitrogens with one attached hydrogen (secondary N) is 1. The summed E-state index contributed by atoms with van der Waals surface area (Å²) in [6, 6.07) is 11.4. The average molecular weight is 326 g/mol. The summed E-state index contributed by atoms with van der Waals surface area (Å²) in [7, 11) is 0. The first-order chi connectivity index (χ1) is 11.7. The smallest absolute Gasteiger partial charge is 0.293 e. The fourth-order valence-corrected chi connectivity index (χ4v) is 3.39. The zero-order valence-electron chi connectivity index (χ0n) is 14.5. The Morgan fingerprint density at radius 3 is 2.79 bits per heavy atom. The molecule has 2 aromatic rings. The molecule has 3 rings (SSSR count). The standard InChI is InChI=1S/C19H26N4O/c1-3-22-12-10-20-18(19(22)24)21-17-9-11-23(15(2)13-17)14-16-7-5-4-6-8-16/h4-8,10,12,15,17H,3,9,11,13-14H2,1-2H3,(H,20,21)/t15-,17+/m1/s1. The van der Waals surface area contributed by atoms with Crippen LogP contribution in [0.15, 0.2) is 47.5 Å². The first-order valence-corrected chi connectivity index (χ1v) is 8.77. The summed E-state index contributed by atoms with van der Waals surface area (Å²) < 4.78 is 1.68. The van der Waals surface area contributed by atoms with Crippen LogP contribution in [0.2, 0.25) is 0 Å². The SMILES string of the molecule is CCn1ccnc(N[C@H]2CCN(Cc3ccccc3)[C@H](C)C2)c1=O. The average Bonchev–Trinajstić information content (AvgIpc) is 2.60. The second kappa shape index (κ2) is 7.62. The number of aryl methyl sites for hydroxylation is 1. The minimum atomic E-state index is -0.0284. The van der Waals surface area contributed by atoms with E-state index in [0.29, 0.717) is 24.4 Å². The molecular weight excluding hydrogens is 300 g/mol. The van der Waals surface area contributed by atoms with E-state index >= 15 is 0 Å². The van der Waals surface area contributed by atoms with Gasteiger partial charge >= 0.3 is 0 Å². The molecule has 1 saturated heterocycles. The van der Waals surface area contributed by atoms with Crippen LogP contribution in [0.25, 0.3) is 0 Å². The molecule has 0 unspecified atom stereocenters. The monoisotopic (exact) mass is 326 g/mol. The van der Waals surface area contributed by atoms with Crippen molar-refractivity contribution in [1.29, 1.82) is 0 Å². The van der Waals surface area contributed by atoms with Gasteiger partial charge in [0.2, 0.25) is 0 Å². The number of likely N-dealkylation sites (tertiary alicyclic amines) is 1. The molecule has 5 heteroatoms. The predicted molar refractivity (Wildman–Crippen MR) is 97.1 cm³/mol. The number of rotatable bonds is 5. The van der Waals surface area contributed by atoms with Crippen LogP contribution in [0.3, 0.4) is 0 Å². The highest BCUT2D eigenvalue weighted by atomic mass is 16.1. The van der Waals surface area contributed by atoms with Crippen LogP contribution in [0.5, 0.6) is 0 Å². The van der Waals surface area contributed by atoms with Crippen molar-refractivity contribution >= 4 is 5.82 Å². The van der Waals surface area contributed by atoms with Crippen molar-refractivity contribution in [3.63, 3.8) is 0 Å². The van der Waals surface area contributed by atoms with E-state index in [1.807, 2.05) is 6.92 Å². The molecule has 1 N–H and O–H groups in total. The molecule has 1 aromatic carbocycles. The Balaban J connectivity index is 1.61. The van der Waals surface area contributed by atoms with Gasteiger partial charge in [-0.15, -0.1) is 0 Å². The Morgan fingerprint density at radius 2 is 2.08 bits per heavy atom. The Morgan fingerprint density at radius 1 is 1.29 bits per heavy atom. The highest BCUT2D eigenvalue weighted by Crippen LogP contribution is 2.21. The normalized spacial score (nSPS) is 21.6. The lowest BCUT2D eigenvalue weighted by molar-refractivity contribution is 0.144. The molecule has 1 aliphatic rings.